The Morgan fingerprint density at radius 2 is 2.04 bits per heavy atom. The topological polar surface area (TPSA) is 77.1 Å². The van der Waals surface area contributed by atoms with E-state index in [1.807, 2.05) is 20.0 Å². The van der Waals surface area contributed by atoms with Crippen LogP contribution in [0.2, 0.25) is 5.02 Å². The Morgan fingerprint density at radius 1 is 1.23 bits per heavy atom. The Hall–Kier alpha value is -3.19. The summed E-state index contributed by atoms with van der Waals surface area (Å²) >= 11 is 6.10. The van der Waals surface area contributed by atoms with Crippen LogP contribution >= 0.6 is 11.6 Å². The van der Waals surface area contributed by atoms with Gasteiger partial charge < -0.3 is 5.32 Å². The van der Waals surface area contributed by atoms with Gasteiger partial charge in [0, 0.05) is 30.6 Å². The maximum atomic E-state index is 12.6. The standard InChI is InChI=1S/C18H15ClN6O/c1-11-12(10-21-24(11)2)16-7-8-20-17-9-15(23-25(16)17)18(26)22-14-6-4-3-5-13(14)19/h3-10H,1-2H3,(H,22,26). The van der Waals surface area contributed by atoms with Crippen LogP contribution in [0, 0.1) is 6.92 Å². The molecule has 0 aliphatic rings. The predicted octanol–water partition coefficient (Wildman–Crippen LogP) is 3.34. The highest BCUT2D eigenvalue weighted by atomic mass is 35.5. The number of aryl methyl sites for hydroxylation is 1. The lowest BCUT2D eigenvalue weighted by atomic mass is 10.2. The second kappa shape index (κ2) is 6.27. The van der Waals surface area contributed by atoms with Crippen LogP contribution in [0.1, 0.15) is 16.2 Å². The highest BCUT2D eigenvalue weighted by Crippen LogP contribution is 2.24. The van der Waals surface area contributed by atoms with Crippen molar-refractivity contribution in [3.63, 3.8) is 0 Å². The molecule has 0 bridgehead atoms. The molecule has 7 nitrogen and oxygen atoms in total. The molecule has 0 fully saturated rings. The van der Waals surface area contributed by atoms with Crippen LogP contribution in [0.3, 0.4) is 0 Å². The first-order chi connectivity index (χ1) is 12.5. The van der Waals surface area contributed by atoms with Crippen molar-refractivity contribution in [1.82, 2.24) is 24.4 Å². The van der Waals surface area contributed by atoms with Crippen LogP contribution < -0.4 is 5.32 Å². The summed E-state index contributed by atoms with van der Waals surface area (Å²) in [5.74, 6) is -0.350. The van der Waals surface area contributed by atoms with Gasteiger partial charge in [0.25, 0.3) is 5.91 Å². The Morgan fingerprint density at radius 3 is 2.77 bits per heavy atom. The molecule has 8 heteroatoms. The number of aromatic nitrogens is 5. The number of amides is 1. The number of fused-ring (bicyclic) bond motifs is 1. The van der Waals surface area contributed by atoms with Crippen molar-refractivity contribution in [2.24, 2.45) is 7.05 Å². The smallest absolute Gasteiger partial charge is 0.276 e. The van der Waals surface area contributed by atoms with Gasteiger partial charge >= 0.3 is 0 Å². The number of nitrogens with zero attached hydrogens (tertiary/aromatic N) is 5. The molecule has 26 heavy (non-hydrogen) atoms. The number of rotatable bonds is 3. The van der Waals surface area contributed by atoms with E-state index in [4.69, 9.17) is 11.6 Å². The summed E-state index contributed by atoms with van der Waals surface area (Å²) in [6.45, 7) is 1.98. The summed E-state index contributed by atoms with van der Waals surface area (Å²) in [4.78, 5) is 16.9. The molecule has 0 aliphatic carbocycles. The molecule has 130 valence electrons. The highest BCUT2D eigenvalue weighted by molar-refractivity contribution is 6.33. The highest BCUT2D eigenvalue weighted by Gasteiger charge is 2.17. The van der Waals surface area contributed by atoms with Gasteiger partial charge in [0.2, 0.25) is 0 Å². The molecular formula is C18H15ClN6O. The van der Waals surface area contributed by atoms with E-state index in [0.717, 1.165) is 17.0 Å². The molecule has 3 aromatic heterocycles. The molecule has 0 spiro atoms. The number of hydrogen-bond acceptors (Lipinski definition) is 4. The summed E-state index contributed by atoms with van der Waals surface area (Å²) in [5.41, 5.74) is 4.11. The minimum atomic E-state index is -0.350. The fourth-order valence-corrected chi connectivity index (χ4v) is 2.89. The first-order valence-corrected chi connectivity index (χ1v) is 8.32. The Kier molecular flexibility index (Phi) is 3.93. The number of hydrogen-bond donors (Lipinski definition) is 1. The Balaban J connectivity index is 1.74. The molecule has 4 rings (SSSR count). The summed E-state index contributed by atoms with van der Waals surface area (Å²) in [6.07, 6.45) is 3.46. The molecule has 0 aliphatic heterocycles. The molecule has 0 atom stereocenters. The molecule has 1 amide bonds. The lowest BCUT2D eigenvalue weighted by Gasteiger charge is -2.05. The van der Waals surface area contributed by atoms with Crippen molar-refractivity contribution in [2.75, 3.05) is 5.32 Å². The maximum Gasteiger partial charge on any atom is 0.276 e. The molecule has 1 N–H and O–H groups in total. The maximum absolute atomic E-state index is 12.6. The van der Waals surface area contributed by atoms with Crippen LogP contribution in [0.4, 0.5) is 5.69 Å². The van der Waals surface area contributed by atoms with Gasteiger partial charge in [-0.2, -0.15) is 10.2 Å². The third kappa shape index (κ3) is 2.72. The van der Waals surface area contributed by atoms with Crippen LogP contribution in [-0.4, -0.2) is 30.3 Å². The van der Waals surface area contributed by atoms with Gasteiger partial charge in [-0.15, -0.1) is 0 Å². The molecule has 3 heterocycles. The van der Waals surface area contributed by atoms with E-state index >= 15 is 0 Å². The van der Waals surface area contributed by atoms with E-state index in [1.165, 1.54) is 0 Å². The van der Waals surface area contributed by atoms with Crippen molar-refractivity contribution in [3.05, 3.63) is 65.2 Å². The van der Waals surface area contributed by atoms with Crippen molar-refractivity contribution >= 4 is 28.8 Å². The molecule has 0 unspecified atom stereocenters. The van der Waals surface area contributed by atoms with Crippen LogP contribution in [0.5, 0.6) is 0 Å². The third-order valence-corrected chi connectivity index (χ3v) is 4.55. The summed E-state index contributed by atoms with van der Waals surface area (Å²) in [6, 6.07) is 10.5. The molecule has 4 aromatic rings. The largest absolute Gasteiger partial charge is 0.319 e. The second-order valence-corrected chi connectivity index (χ2v) is 6.24. The lowest BCUT2D eigenvalue weighted by molar-refractivity contribution is 0.102. The summed E-state index contributed by atoms with van der Waals surface area (Å²) in [5, 5.41) is 11.9. The number of carbonyl (C=O) groups excluding carboxylic acids is 1. The number of carbonyl (C=O) groups is 1. The summed E-state index contributed by atoms with van der Waals surface area (Å²) in [7, 11) is 1.88. The van der Waals surface area contributed by atoms with Gasteiger partial charge in [-0.05, 0) is 25.1 Å². The summed E-state index contributed by atoms with van der Waals surface area (Å²) < 4.78 is 3.43. The third-order valence-electron chi connectivity index (χ3n) is 4.22. The van der Waals surface area contributed by atoms with Gasteiger partial charge in [-0.25, -0.2) is 9.50 Å². The quantitative estimate of drug-likeness (QED) is 0.603. The zero-order chi connectivity index (χ0) is 18.3. The Bertz CT molecular complexity index is 1130. The van der Waals surface area contributed by atoms with E-state index < -0.39 is 0 Å². The van der Waals surface area contributed by atoms with Crippen LogP contribution in [0.25, 0.3) is 16.9 Å². The Labute approximate surface area is 154 Å². The van der Waals surface area contributed by atoms with Crippen molar-refractivity contribution in [3.8, 4) is 11.3 Å². The number of para-hydroxylation sites is 1. The van der Waals surface area contributed by atoms with Gasteiger partial charge in [-0.1, -0.05) is 23.7 Å². The first kappa shape index (κ1) is 16.3. The average Bonchev–Trinajstić information content (AvgIpc) is 3.21. The molecule has 1 aromatic carbocycles. The number of nitrogens with one attached hydrogen (secondary N) is 1. The van der Waals surface area contributed by atoms with Crippen LogP contribution in [-0.2, 0) is 7.05 Å². The van der Waals surface area contributed by atoms with E-state index in [2.05, 4.69) is 20.5 Å². The fourth-order valence-electron chi connectivity index (χ4n) is 2.71. The van der Waals surface area contributed by atoms with Gasteiger partial charge in [-0.3, -0.25) is 9.48 Å². The number of halogens is 1. The van der Waals surface area contributed by atoms with Gasteiger partial charge in [0.1, 0.15) is 0 Å². The SMILES string of the molecule is Cc1c(-c2ccnc3cc(C(=O)Nc4ccccc4Cl)nn23)cnn1C. The minimum Gasteiger partial charge on any atom is -0.319 e. The average molecular weight is 367 g/mol. The zero-order valence-electron chi connectivity index (χ0n) is 14.1. The normalized spacial score (nSPS) is 11.0. The lowest BCUT2D eigenvalue weighted by Crippen LogP contribution is -2.13. The molecule has 0 radical (unpaired) electrons. The van der Waals surface area contributed by atoms with E-state index in [9.17, 15) is 4.79 Å². The van der Waals surface area contributed by atoms with Gasteiger partial charge in [0.15, 0.2) is 11.3 Å². The first-order valence-electron chi connectivity index (χ1n) is 7.94. The van der Waals surface area contributed by atoms with Crippen molar-refractivity contribution < 1.29 is 4.79 Å². The minimum absolute atomic E-state index is 0.256. The predicted molar refractivity (Wildman–Crippen MR) is 99.3 cm³/mol. The fraction of sp³-hybridized carbons (Fsp3) is 0.111. The van der Waals surface area contributed by atoms with Gasteiger partial charge in [0.05, 0.1) is 22.6 Å². The molecule has 0 saturated carbocycles. The molecular weight excluding hydrogens is 352 g/mol. The second-order valence-electron chi connectivity index (χ2n) is 5.83. The van der Waals surface area contributed by atoms with Crippen molar-refractivity contribution in [2.45, 2.75) is 6.92 Å². The zero-order valence-corrected chi connectivity index (χ0v) is 14.9. The van der Waals surface area contributed by atoms with E-state index in [0.29, 0.717) is 16.4 Å². The van der Waals surface area contributed by atoms with E-state index in [-0.39, 0.29) is 11.6 Å². The monoisotopic (exact) mass is 366 g/mol. The van der Waals surface area contributed by atoms with E-state index in [1.54, 1.807) is 51.9 Å². The van der Waals surface area contributed by atoms with Crippen molar-refractivity contribution in [1.29, 1.82) is 0 Å². The number of anilines is 1. The number of benzene rings is 1. The molecule has 0 saturated heterocycles. The van der Waals surface area contributed by atoms with Crippen LogP contribution in [0.15, 0.2) is 48.8 Å².